The quantitative estimate of drug-likeness (QED) is 0.271. The van der Waals surface area contributed by atoms with Crippen LogP contribution in [-0.2, 0) is 15.1 Å². The second kappa shape index (κ2) is 11.9. The molecule has 1 aromatic heterocycles. The van der Waals surface area contributed by atoms with Gasteiger partial charge in [-0.05, 0) is 131 Å². The lowest BCUT2D eigenvalue weighted by Gasteiger charge is -2.62. The summed E-state index contributed by atoms with van der Waals surface area (Å²) < 4.78 is 19.2. The molecule has 2 aromatic rings. The van der Waals surface area contributed by atoms with Gasteiger partial charge in [0.1, 0.15) is 5.60 Å². The Kier molecular flexibility index (Phi) is 7.97. The lowest BCUT2D eigenvalue weighted by molar-refractivity contribution is -0.184. The maximum atomic E-state index is 13.1. The van der Waals surface area contributed by atoms with Gasteiger partial charge in [-0.25, -0.2) is 0 Å². The monoisotopic (exact) mass is 628 g/mol. The molecule has 0 radical (unpaired) electrons. The van der Waals surface area contributed by atoms with Gasteiger partial charge in [0.05, 0.1) is 49.5 Å². The average Bonchev–Trinajstić information content (AvgIpc) is 3.87. The van der Waals surface area contributed by atoms with Crippen molar-refractivity contribution in [1.29, 1.82) is 0 Å². The third-order valence-electron chi connectivity index (χ3n) is 14.2. The maximum absolute atomic E-state index is 13.1. The highest BCUT2D eigenvalue weighted by Crippen LogP contribution is 2.71. The van der Waals surface area contributed by atoms with Gasteiger partial charge in [0, 0.05) is 17.5 Å². The summed E-state index contributed by atoms with van der Waals surface area (Å²) >= 11 is 0. The number of nitrogens with zero attached hydrogens (tertiary/aromatic N) is 2. The first kappa shape index (κ1) is 30.8. The number of rotatable bonds is 9. The molecular formula is C39H52N2O5. The first-order valence-corrected chi connectivity index (χ1v) is 18.3. The molecule has 5 fully saturated rings. The van der Waals surface area contributed by atoms with Crippen LogP contribution in [0.3, 0.4) is 0 Å². The molecule has 0 unspecified atom stereocenters. The van der Waals surface area contributed by atoms with E-state index in [1.165, 1.54) is 69.4 Å². The first-order valence-electron chi connectivity index (χ1n) is 18.3. The van der Waals surface area contributed by atoms with Crippen molar-refractivity contribution in [2.45, 2.75) is 96.2 Å². The number of ether oxygens (including phenoxy) is 2. The van der Waals surface area contributed by atoms with E-state index in [0.29, 0.717) is 41.1 Å². The Morgan fingerprint density at radius 2 is 1.61 bits per heavy atom. The van der Waals surface area contributed by atoms with Crippen LogP contribution in [0.25, 0.3) is 0 Å². The number of hydrogen-bond donors (Lipinski definition) is 0. The van der Waals surface area contributed by atoms with Gasteiger partial charge in [-0.15, -0.1) is 0 Å². The molecule has 0 bridgehead atoms. The zero-order chi connectivity index (χ0) is 31.5. The van der Waals surface area contributed by atoms with E-state index >= 15 is 0 Å². The van der Waals surface area contributed by atoms with Crippen LogP contribution in [0.2, 0.25) is 0 Å². The van der Waals surface area contributed by atoms with Crippen molar-refractivity contribution in [1.82, 2.24) is 9.80 Å². The van der Waals surface area contributed by atoms with Crippen molar-refractivity contribution in [3.8, 4) is 0 Å². The normalized spacial score (nSPS) is 38.9. The highest BCUT2D eigenvalue weighted by molar-refractivity contribution is 6.21. The van der Waals surface area contributed by atoms with Crippen LogP contribution >= 0.6 is 0 Å². The van der Waals surface area contributed by atoms with Crippen LogP contribution in [0.15, 0.2) is 47.3 Å². The molecule has 0 spiro atoms. The minimum atomic E-state index is -0.479. The van der Waals surface area contributed by atoms with Gasteiger partial charge in [0.25, 0.3) is 11.8 Å². The summed E-state index contributed by atoms with van der Waals surface area (Å²) in [6.45, 7) is 10.2. The fourth-order valence-corrected chi connectivity index (χ4v) is 11.8. The van der Waals surface area contributed by atoms with Gasteiger partial charge >= 0.3 is 0 Å². The van der Waals surface area contributed by atoms with Crippen LogP contribution in [-0.4, -0.2) is 67.1 Å². The van der Waals surface area contributed by atoms with Crippen molar-refractivity contribution in [3.63, 3.8) is 0 Å². The Labute approximate surface area is 274 Å². The Balaban J connectivity index is 0.957. The smallest absolute Gasteiger partial charge is 0.261 e. The fraction of sp³-hybridized carbons (Fsp3) is 0.692. The first-order chi connectivity index (χ1) is 22.3. The summed E-state index contributed by atoms with van der Waals surface area (Å²) in [6.07, 6.45) is 17.6. The standard InChI is InChI=1S/C39H52N2O5/c1-37-15-11-29(45-23-20-40-18-5-6-19-40)25-27(37)9-10-32-33(37)12-16-38(2)34(32)13-17-39(38,28-14-22-44-26-28)46-24-21-41-35(42)30-7-3-4-8-31(30)36(41)43/h3-4,7-8,14,22,26-27,29,32-34H,5-6,9-13,15-21,23-25H2,1-2H3/t27-,29+,32-,33+,34+,37+,38+,39+/m1/s1. The lowest BCUT2D eigenvalue weighted by atomic mass is 9.44. The SMILES string of the molecule is C[C@]12CC[C@H](OCCN3CCCC3)C[C@H]1CC[C@@H]1[C@@H]2CC[C@@]2(C)[C@H]1CC[C@]2(OCCN1C(=O)c2ccccc2C1=O)c1ccoc1. The van der Waals surface area contributed by atoms with Gasteiger partial charge in [0.15, 0.2) is 0 Å². The average molecular weight is 629 g/mol. The topological polar surface area (TPSA) is 72.2 Å². The Morgan fingerprint density at radius 3 is 2.35 bits per heavy atom. The van der Waals surface area contributed by atoms with E-state index in [4.69, 9.17) is 13.9 Å². The van der Waals surface area contributed by atoms with Crippen LogP contribution in [0.5, 0.6) is 0 Å². The van der Waals surface area contributed by atoms with Gasteiger partial charge < -0.3 is 18.8 Å². The van der Waals surface area contributed by atoms with Crippen molar-refractivity contribution in [2.24, 2.45) is 34.5 Å². The maximum Gasteiger partial charge on any atom is 0.261 e. The third-order valence-corrected chi connectivity index (χ3v) is 14.2. The predicted molar refractivity (Wildman–Crippen MR) is 175 cm³/mol. The van der Waals surface area contributed by atoms with Crippen molar-refractivity contribution in [2.75, 3.05) is 39.4 Å². The number of carbonyl (C=O) groups excluding carboxylic acids is 2. The van der Waals surface area contributed by atoms with Crippen molar-refractivity contribution in [3.05, 3.63) is 59.5 Å². The molecule has 2 aliphatic heterocycles. The van der Waals surface area contributed by atoms with Crippen LogP contribution in [0.1, 0.15) is 111 Å². The molecule has 6 aliphatic rings. The molecule has 248 valence electrons. The summed E-state index contributed by atoms with van der Waals surface area (Å²) in [5.41, 5.74) is 1.99. The zero-order valence-corrected chi connectivity index (χ0v) is 27.9. The summed E-state index contributed by atoms with van der Waals surface area (Å²) in [7, 11) is 0. The number of hydrogen-bond acceptors (Lipinski definition) is 6. The number of fused-ring (bicyclic) bond motifs is 6. The van der Waals surface area contributed by atoms with E-state index in [1.807, 2.05) is 18.4 Å². The molecule has 3 heterocycles. The summed E-state index contributed by atoms with van der Waals surface area (Å²) in [5, 5.41) is 0. The van der Waals surface area contributed by atoms with E-state index in [1.54, 1.807) is 18.4 Å². The van der Waals surface area contributed by atoms with Gasteiger partial charge in [0.2, 0.25) is 0 Å². The van der Waals surface area contributed by atoms with E-state index in [9.17, 15) is 9.59 Å². The van der Waals surface area contributed by atoms with Gasteiger partial charge in [-0.3, -0.25) is 14.5 Å². The lowest BCUT2D eigenvalue weighted by Crippen LogP contribution is -2.56. The summed E-state index contributed by atoms with van der Waals surface area (Å²) in [5.74, 6) is 2.39. The predicted octanol–water partition coefficient (Wildman–Crippen LogP) is 7.31. The van der Waals surface area contributed by atoms with Crippen LogP contribution in [0.4, 0.5) is 0 Å². The Hall–Kier alpha value is -2.48. The number of furan rings is 1. The van der Waals surface area contributed by atoms with Crippen LogP contribution in [0, 0.1) is 34.5 Å². The molecule has 7 heteroatoms. The highest BCUT2D eigenvalue weighted by Gasteiger charge is 2.66. The summed E-state index contributed by atoms with van der Waals surface area (Å²) in [4.78, 5) is 30.1. The fourth-order valence-electron chi connectivity index (χ4n) is 11.8. The molecule has 1 saturated heterocycles. The molecule has 4 saturated carbocycles. The molecule has 2 amide bonds. The van der Waals surface area contributed by atoms with E-state index in [0.717, 1.165) is 49.8 Å². The molecule has 46 heavy (non-hydrogen) atoms. The second-order valence-electron chi connectivity index (χ2n) is 16.0. The molecule has 4 aliphatic carbocycles. The van der Waals surface area contributed by atoms with E-state index in [-0.39, 0.29) is 23.8 Å². The second-order valence-corrected chi connectivity index (χ2v) is 16.0. The van der Waals surface area contributed by atoms with E-state index < -0.39 is 5.60 Å². The van der Waals surface area contributed by atoms with Gasteiger partial charge in [-0.2, -0.15) is 0 Å². The zero-order valence-electron chi connectivity index (χ0n) is 27.9. The van der Waals surface area contributed by atoms with Crippen LogP contribution < -0.4 is 0 Å². The summed E-state index contributed by atoms with van der Waals surface area (Å²) in [6, 6.07) is 9.21. The molecule has 0 N–H and O–H groups in total. The molecule has 8 atom stereocenters. The number of imide groups is 1. The Bertz CT molecular complexity index is 1400. The molecule has 7 nitrogen and oxygen atoms in total. The third kappa shape index (κ3) is 4.77. The minimum Gasteiger partial charge on any atom is -0.472 e. The largest absolute Gasteiger partial charge is 0.472 e. The number of amides is 2. The number of carbonyl (C=O) groups is 2. The van der Waals surface area contributed by atoms with E-state index in [2.05, 4.69) is 24.8 Å². The number of likely N-dealkylation sites (tertiary alicyclic amines) is 1. The van der Waals surface area contributed by atoms with Crippen molar-refractivity contribution < 1.29 is 23.5 Å². The Morgan fingerprint density at radius 1 is 0.848 bits per heavy atom. The van der Waals surface area contributed by atoms with Crippen molar-refractivity contribution >= 4 is 11.8 Å². The van der Waals surface area contributed by atoms with Gasteiger partial charge in [-0.1, -0.05) is 26.0 Å². The highest BCUT2D eigenvalue weighted by atomic mass is 16.5. The molecular weight excluding hydrogens is 576 g/mol. The minimum absolute atomic E-state index is 0.0287. The number of benzene rings is 1. The molecule has 8 rings (SSSR count). The molecule has 1 aromatic carbocycles.